The van der Waals surface area contributed by atoms with Gasteiger partial charge < -0.3 is 4.57 Å². The quantitative estimate of drug-likeness (QED) is 0.179. The minimum atomic E-state index is 0.635. The zero-order valence-corrected chi connectivity index (χ0v) is 29.8. The van der Waals surface area contributed by atoms with Crippen molar-refractivity contribution in [2.24, 2.45) is 0 Å². The summed E-state index contributed by atoms with van der Waals surface area (Å²) < 4.78 is 2.47. The van der Waals surface area contributed by atoms with Gasteiger partial charge in [0.15, 0.2) is 17.5 Å². The van der Waals surface area contributed by atoms with Crippen LogP contribution < -0.4 is 0 Å². The lowest BCUT2D eigenvalue weighted by Crippen LogP contribution is -2.02. The largest absolute Gasteiger partial charge is 0.308 e. The van der Waals surface area contributed by atoms with Gasteiger partial charge in [0.2, 0.25) is 0 Å². The molecule has 11 aromatic rings. The monoisotopic (exact) mass is 700 g/mol. The van der Waals surface area contributed by atoms with Gasteiger partial charge in [-0.05, 0) is 56.9 Å². The van der Waals surface area contributed by atoms with E-state index >= 15 is 0 Å². The Morgan fingerprint density at radius 3 is 1.67 bits per heavy atom. The lowest BCUT2D eigenvalue weighted by molar-refractivity contribution is 1.08. The third-order valence-electron chi connectivity index (χ3n) is 10.8. The second kappa shape index (κ2) is 12.6. The van der Waals surface area contributed by atoms with Crippen molar-refractivity contribution in [1.29, 1.82) is 0 Å². The van der Waals surface area contributed by atoms with Crippen LogP contribution in [0, 0.1) is 0 Å². The summed E-state index contributed by atoms with van der Waals surface area (Å²) in [4.78, 5) is 15.5. The smallest absolute Gasteiger partial charge is 0.164 e. The molecule has 0 atom stereocenters. The molecule has 0 saturated carbocycles. The van der Waals surface area contributed by atoms with Crippen molar-refractivity contribution in [3.63, 3.8) is 0 Å². The van der Waals surface area contributed by atoms with Crippen molar-refractivity contribution in [2.45, 2.75) is 0 Å². The number of fused-ring (bicyclic) bond motifs is 8. The van der Waals surface area contributed by atoms with Crippen molar-refractivity contribution in [3.8, 4) is 51.0 Å². The molecule has 0 unspecified atom stereocenters. The van der Waals surface area contributed by atoms with E-state index in [4.69, 9.17) is 15.0 Å². The Labute approximate surface area is 317 Å². The summed E-state index contributed by atoms with van der Waals surface area (Å²) in [5.41, 5.74) is 8.58. The van der Waals surface area contributed by atoms with Gasteiger partial charge in [0.25, 0.3) is 0 Å². The molecule has 0 saturated heterocycles. The second-order valence-electron chi connectivity index (χ2n) is 14.0. The Bertz CT molecular complexity index is 3260. The van der Waals surface area contributed by atoms with Crippen LogP contribution in [0.25, 0.3) is 105 Å². The van der Waals surface area contributed by atoms with Gasteiger partial charge >= 0.3 is 0 Å². The van der Waals surface area contributed by atoms with Gasteiger partial charge in [-0.2, -0.15) is 0 Å². The molecule has 0 aliphatic heterocycles. The van der Waals surface area contributed by atoms with Crippen LogP contribution in [-0.4, -0.2) is 19.5 Å². The lowest BCUT2D eigenvalue weighted by Gasteiger charge is -2.16. The van der Waals surface area contributed by atoms with Crippen LogP contribution in [0.2, 0.25) is 0 Å². The highest BCUT2D eigenvalue weighted by atomic mass is 15.0. The third-order valence-corrected chi connectivity index (χ3v) is 10.8. The molecule has 0 fully saturated rings. The molecule has 0 aliphatic carbocycles. The molecule has 256 valence electrons. The molecule has 0 amide bonds. The topological polar surface area (TPSA) is 43.6 Å². The number of aromatic nitrogens is 4. The first-order chi connectivity index (χ1) is 27.3. The molecule has 11 rings (SSSR count). The predicted molar refractivity (Wildman–Crippen MR) is 228 cm³/mol. The molecular formula is C51H32N4. The minimum Gasteiger partial charge on any atom is -0.308 e. The van der Waals surface area contributed by atoms with E-state index in [2.05, 4.69) is 174 Å². The number of hydrogen-bond acceptors (Lipinski definition) is 3. The minimum absolute atomic E-state index is 0.635. The highest BCUT2D eigenvalue weighted by molar-refractivity contribution is 6.26. The van der Waals surface area contributed by atoms with E-state index < -0.39 is 0 Å². The number of nitrogens with zero attached hydrogens (tertiary/aromatic N) is 4. The normalized spacial score (nSPS) is 11.6. The molecule has 0 N–H and O–H groups in total. The van der Waals surface area contributed by atoms with Gasteiger partial charge in [0.1, 0.15) is 0 Å². The molecule has 55 heavy (non-hydrogen) atoms. The maximum atomic E-state index is 5.22. The van der Waals surface area contributed by atoms with E-state index in [1.807, 2.05) is 24.3 Å². The Morgan fingerprint density at radius 1 is 0.327 bits per heavy atom. The maximum absolute atomic E-state index is 5.22. The fraction of sp³-hybridized carbons (Fsp3) is 0. The van der Waals surface area contributed by atoms with Gasteiger partial charge in [0.05, 0.1) is 16.7 Å². The molecule has 9 aromatic carbocycles. The fourth-order valence-electron chi connectivity index (χ4n) is 8.28. The first-order valence-electron chi connectivity index (χ1n) is 18.6. The van der Waals surface area contributed by atoms with E-state index in [0.29, 0.717) is 17.5 Å². The van der Waals surface area contributed by atoms with Crippen LogP contribution in [0.15, 0.2) is 194 Å². The van der Waals surface area contributed by atoms with Crippen LogP contribution >= 0.6 is 0 Å². The average molecular weight is 701 g/mol. The Hall–Kier alpha value is -7.43. The Morgan fingerprint density at radius 2 is 0.891 bits per heavy atom. The predicted octanol–water partition coefficient (Wildman–Crippen LogP) is 13.1. The van der Waals surface area contributed by atoms with Crippen molar-refractivity contribution in [1.82, 2.24) is 19.5 Å². The summed E-state index contributed by atoms with van der Waals surface area (Å²) in [5, 5.41) is 9.62. The van der Waals surface area contributed by atoms with Crippen LogP contribution in [0.5, 0.6) is 0 Å². The average Bonchev–Trinajstić information content (AvgIpc) is 3.62. The molecule has 2 heterocycles. The number of benzene rings is 9. The fourth-order valence-corrected chi connectivity index (χ4v) is 8.28. The van der Waals surface area contributed by atoms with Gasteiger partial charge in [0, 0.05) is 38.2 Å². The van der Waals surface area contributed by atoms with E-state index in [-0.39, 0.29) is 0 Å². The highest BCUT2D eigenvalue weighted by Crippen LogP contribution is 2.42. The van der Waals surface area contributed by atoms with Crippen LogP contribution in [0.1, 0.15) is 0 Å². The summed E-state index contributed by atoms with van der Waals surface area (Å²) in [6.45, 7) is 0. The van der Waals surface area contributed by atoms with Crippen LogP contribution in [0.3, 0.4) is 0 Å². The van der Waals surface area contributed by atoms with Gasteiger partial charge in [-0.3, -0.25) is 0 Å². The first-order valence-corrected chi connectivity index (χ1v) is 18.6. The molecule has 2 aromatic heterocycles. The lowest BCUT2D eigenvalue weighted by atomic mass is 10.0. The summed E-state index contributed by atoms with van der Waals surface area (Å²) in [6.07, 6.45) is 0. The summed E-state index contributed by atoms with van der Waals surface area (Å²) in [5.74, 6) is 1.91. The van der Waals surface area contributed by atoms with E-state index in [0.717, 1.165) is 44.3 Å². The Kier molecular flexibility index (Phi) is 7.14. The van der Waals surface area contributed by atoms with Gasteiger partial charge in [-0.25, -0.2) is 15.0 Å². The van der Waals surface area contributed by atoms with Gasteiger partial charge in [-0.1, -0.05) is 170 Å². The summed E-state index contributed by atoms with van der Waals surface area (Å²) >= 11 is 0. The molecule has 0 radical (unpaired) electrons. The number of rotatable bonds is 5. The summed E-state index contributed by atoms with van der Waals surface area (Å²) in [6, 6.07) is 68.6. The molecule has 0 bridgehead atoms. The van der Waals surface area contributed by atoms with E-state index in [9.17, 15) is 0 Å². The zero-order valence-electron chi connectivity index (χ0n) is 29.8. The van der Waals surface area contributed by atoms with Crippen molar-refractivity contribution in [3.05, 3.63) is 194 Å². The Balaban J connectivity index is 1.17. The SMILES string of the molecule is c1ccc(-c2cccc(-c3nc(-c4ccccc4)nc(-c4ccc(-n5c6ccc7ccccc7c6c6ccc7ccccc7c65)c5ccccc45)n3)c2)cc1. The molecular weight excluding hydrogens is 669 g/mol. The van der Waals surface area contributed by atoms with Crippen molar-refractivity contribution in [2.75, 3.05) is 0 Å². The zero-order chi connectivity index (χ0) is 36.3. The van der Waals surface area contributed by atoms with E-state index in [1.165, 1.54) is 43.4 Å². The first kappa shape index (κ1) is 31.1. The van der Waals surface area contributed by atoms with Crippen molar-refractivity contribution < 1.29 is 0 Å². The summed E-state index contributed by atoms with van der Waals surface area (Å²) in [7, 11) is 0. The molecule has 4 heteroatoms. The van der Waals surface area contributed by atoms with Crippen LogP contribution in [-0.2, 0) is 0 Å². The molecule has 4 nitrogen and oxygen atoms in total. The number of hydrogen-bond donors (Lipinski definition) is 0. The van der Waals surface area contributed by atoms with Crippen LogP contribution in [0.4, 0.5) is 0 Å². The second-order valence-corrected chi connectivity index (χ2v) is 14.0. The highest BCUT2D eigenvalue weighted by Gasteiger charge is 2.21. The molecule has 0 spiro atoms. The molecule has 0 aliphatic rings. The standard InChI is InChI=1S/C51H32N4/c1-3-14-33(15-4-1)37-20-13-21-38(32-37)50-52-49(36-18-5-2-6-19-36)53-51(54-50)43-29-31-45(42-25-12-11-24-41(42)43)55-46-30-27-34-16-7-9-22-39(34)47(46)44-28-26-35-17-8-10-23-40(35)48(44)55/h1-32H. The van der Waals surface area contributed by atoms with Gasteiger partial charge in [-0.15, -0.1) is 0 Å². The maximum Gasteiger partial charge on any atom is 0.164 e. The van der Waals surface area contributed by atoms with Crippen molar-refractivity contribution >= 4 is 54.1 Å². The van der Waals surface area contributed by atoms with E-state index in [1.54, 1.807) is 0 Å². The third kappa shape index (κ3) is 5.11.